The number of fused-ring (bicyclic) bond motifs is 1. The second-order valence-corrected chi connectivity index (χ2v) is 3.55. The standard InChI is InChI=1S/C11H10N4O2/c12-5-1-2-10(16)13-7-3-4-8-9(6-7)15-11(17)14-8/h3-4,6H,1-2H2,(H,13,16)(H2,14,15,17). The van der Waals surface area contributed by atoms with Gasteiger partial charge in [0.1, 0.15) is 0 Å². The highest BCUT2D eigenvalue weighted by Crippen LogP contribution is 2.14. The van der Waals surface area contributed by atoms with E-state index < -0.39 is 0 Å². The Bertz CT molecular complexity index is 647. The molecule has 0 unspecified atom stereocenters. The Morgan fingerprint density at radius 3 is 2.88 bits per heavy atom. The number of amides is 1. The van der Waals surface area contributed by atoms with Crippen molar-refractivity contribution in [2.24, 2.45) is 0 Å². The fourth-order valence-corrected chi connectivity index (χ4v) is 1.50. The molecule has 6 heteroatoms. The van der Waals surface area contributed by atoms with Crippen LogP contribution in [0, 0.1) is 11.3 Å². The maximum atomic E-state index is 11.4. The number of nitrogens with one attached hydrogen (secondary N) is 3. The highest BCUT2D eigenvalue weighted by molar-refractivity contribution is 5.93. The molecule has 1 heterocycles. The summed E-state index contributed by atoms with van der Waals surface area (Å²) in [5.74, 6) is -0.219. The average molecular weight is 230 g/mol. The normalized spacial score (nSPS) is 10.1. The Balaban J connectivity index is 2.16. The van der Waals surface area contributed by atoms with E-state index in [1.807, 2.05) is 6.07 Å². The lowest BCUT2D eigenvalue weighted by Crippen LogP contribution is -2.10. The maximum absolute atomic E-state index is 11.4. The summed E-state index contributed by atoms with van der Waals surface area (Å²) < 4.78 is 0. The van der Waals surface area contributed by atoms with Crippen molar-refractivity contribution < 1.29 is 4.79 Å². The second kappa shape index (κ2) is 4.53. The predicted octanol–water partition coefficient (Wildman–Crippen LogP) is 1.10. The molecule has 2 rings (SSSR count). The molecule has 1 aromatic heterocycles. The van der Waals surface area contributed by atoms with Crippen molar-refractivity contribution in [2.45, 2.75) is 12.8 Å². The minimum absolute atomic E-state index is 0.165. The van der Waals surface area contributed by atoms with Gasteiger partial charge in [-0.25, -0.2) is 4.79 Å². The number of aromatic nitrogens is 2. The first kappa shape index (κ1) is 11.0. The predicted molar refractivity (Wildman–Crippen MR) is 62.4 cm³/mol. The molecule has 86 valence electrons. The Kier molecular flexibility index (Phi) is 2.92. The molecule has 0 saturated carbocycles. The average Bonchev–Trinajstić information content (AvgIpc) is 2.65. The van der Waals surface area contributed by atoms with Gasteiger partial charge in [0, 0.05) is 18.5 Å². The zero-order valence-electron chi connectivity index (χ0n) is 8.91. The molecule has 17 heavy (non-hydrogen) atoms. The number of H-pyrrole nitrogens is 2. The number of aromatic amines is 2. The molecule has 0 fully saturated rings. The van der Waals surface area contributed by atoms with E-state index in [9.17, 15) is 9.59 Å². The van der Waals surface area contributed by atoms with Crippen LogP contribution < -0.4 is 11.0 Å². The molecule has 0 atom stereocenters. The van der Waals surface area contributed by atoms with Crippen LogP contribution in [0.3, 0.4) is 0 Å². The molecule has 0 aliphatic heterocycles. The summed E-state index contributed by atoms with van der Waals surface area (Å²) in [5, 5.41) is 11.0. The van der Waals surface area contributed by atoms with Gasteiger partial charge in [-0.3, -0.25) is 4.79 Å². The minimum atomic E-state index is -0.284. The number of nitriles is 1. The lowest BCUT2D eigenvalue weighted by Gasteiger charge is -2.03. The van der Waals surface area contributed by atoms with E-state index >= 15 is 0 Å². The van der Waals surface area contributed by atoms with Crippen LogP contribution in [0.25, 0.3) is 11.0 Å². The van der Waals surface area contributed by atoms with E-state index in [-0.39, 0.29) is 24.4 Å². The lowest BCUT2D eigenvalue weighted by molar-refractivity contribution is -0.116. The third-order valence-electron chi connectivity index (χ3n) is 2.26. The molecule has 0 aliphatic carbocycles. The van der Waals surface area contributed by atoms with E-state index in [1.165, 1.54) is 0 Å². The van der Waals surface area contributed by atoms with Crippen molar-refractivity contribution in [3.05, 3.63) is 28.7 Å². The molecule has 0 radical (unpaired) electrons. The fraction of sp³-hybridized carbons (Fsp3) is 0.182. The summed E-state index contributed by atoms with van der Waals surface area (Å²) in [6.45, 7) is 0. The third kappa shape index (κ3) is 2.52. The summed E-state index contributed by atoms with van der Waals surface area (Å²) in [4.78, 5) is 27.6. The molecular formula is C11H10N4O2. The molecule has 6 nitrogen and oxygen atoms in total. The van der Waals surface area contributed by atoms with Gasteiger partial charge in [-0.2, -0.15) is 5.26 Å². The van der Waals surface area contributed by atoms with Crippen LogP contribution >= 0.6 is 0 Å². The summed E-state index contributed by atoms with van der Waals surface area (Å²) in [6.07, 6.45) is 0.354. The molecule has 1 amide bonds. The van der Waals surface area contributed by atoms with E-state index in [4.69, 9.17) is 5.26 Å². The van der Waals surface area contributed by atoms with Crippen molar-refractivity contribution in [1.82, 2.24) is 9.97 Å². The Labute approximate surface area is 96.3 Å². The fourth-order valence-electron chi connectivity index (χ4n) is 1.50. The van der Waals surface area contributed by atoms with Gasteiger partial charge in [-0.15, -0.1) is 0 Å². The van der Waals surface area contributed by atoms with Crippen molar-refractivity contribution in [2.75, 3.05) is 5.32 Å². The second-order valence-electron chi connectivity index (χ2n) is 3.55. The number of carbonyl (C=O) groups excluding carboxylic acids is 1. The Morgan fingerprint density at radius 2 is 2.12 bits per heavy atom. The summed E-state index contributed by atoms with van der Waals surface area (Å²) >= 11 is 0. The Morgan fingerprint density at radius 1 is 1.35 bits per heavy atom. The Hall–Kier alpha value is -2.55. The van der Waals surface area contributed by atoms with Gasteiger partial charge >= 0.3 is 5.69 Å². The van der Waals surface area contributed by atoms with Gasteiger partial charge in [0.25, 0.3) is 0 Å². The van der Waals surface area contributed by atoms with Gasteiger partial charge in [0.05, 0.1) is 17.1 Å². The molecule has 3 N–H and O–H groups in total. The SMILES string of the molecule is N#CCCC(=O)Nc1ccc2[nH]c(=O)[nH]c2c1. The van der Waals surface area contributed by atoms with Crippen LogP contribution in [0.1, 0.15) is 12.8 Å². The quantitative estimate of drug-likeness (QED) is 0.735. The molecule has 0 saturated heterocycles. The third-order valence-corrected chi connectivity index (χ3v) is 2.26. The summed E-state index contributed by atoms with van der Waals surface area (Å²) in [7, 11) is 0. The van der Waals surface area contributed by atoms with E-state index in [0.29, 0.717) is 16.7 Å². The van der Waals surface area contributed by atoms with Crippen LogP contribution in [-0.2, 0) is 4.79 Å². The molecule has 0 spiro atoms. The number of rotatable bonds is 3. The minimum Gasteiger partial charge on any atom is -0.326 e. The first-order valence-corrected chi connectivity index (χ1v) is 5.08. The van der Waals surface area contributed by atoms with E-state index in [1.54, 1.807) is 18.2 Å². The first-order valence-electron chi connectivity index (χ1n) is 5.08. The number of nitrogens with zero attached hydrogens (tertiary/aromatic N) is 1. The molecular weight excluding hydrogens is 220 g/mol. The smallest absolute Gasteiger partial charge is 0.323 e. The van der Waals surface area contributed by atoms with Gasteiger partial charge in [0.2, 0.25) is 5.91 Å². The van der Waals surface area contributed by atoms with Gasteiger partial charge in [0.15, 0.2) is 0 Å². The van der Waals surface area contributed by atoms with E-state index in [0.717, 1.165) is 0 Å². The van der Waals surface area contributed by atoms with Crippen molar-refractivity contribution in [3.63, 3.8) is 0 Å². The number of benzene rings is 1. The van der Waals surface area contributed by atoms with Crippen molar-refractivity contribution in [3.8, 4) is 6.07 Å². The zero-order chi connectivity index (χ0) is 12.3. The first-order chi connectivity index (χ1) is 8.19. The lowest BCUT2D eigenvalue weighted by atomic mass is 10.2. The molecule has 1 aromatic carbocycles. The summed E-state index contributed by atoms with van der Waals surface area (Å²) in [6, 6.07) is 6.96. The van der Waals surface area contributed by atoms with Crippen molar-refractivity contribution >= 4 is 22.6 Å². The van der Waals surface area contributed by atoms with Crippen molar-refractivity contribution in [1.29, 1.82) is 5.26 Å². The van der Waals surface area contributed by atoms with E-state index in [2.05, 4.69) is 15.3 Å². The topological polar surface area (TPSA) is 102 Å². The highest BCUT2D eigenvalue weighted by atomic mass is 16.1. The summed E-state index contributed by atoms with van der Waals surface area (Å²) in [5.41, 5.74) is 1.63. The number of imidazole rings is 1. The van der Waals surface area contributed by atoms with Gasteiger partial charge < -0.3 is 15.3 Å². The van der Waals surface area contributed by atoms with Gasteiger partial charge in [-0.05, 0) is 18.2 Å². The maximum Gasteiger partial charge on any atom is 0.323 e. The monoisotopic (exact) mass is 230 g/mol. The van der Waals surface area contributed by atoms with Crippen LogP contribution in [0.2, 0.25) is 0 Å². The van der Waals surface area contributed by atoms with Gasteiger partial charge in [-0.1, -0.05) is 0 Å². The van der Waals surface area contributed by atoms with Crippen LogP contribution in [0.15, 0.2) is 23.0 Å². The number of anilines is 1. The van der Waals surface area contributed by atoms with Crippen LogP contribution in [-0.4, -0.2) is 15.9 Å². The molecule has 2 aromatic rings. The molecule has 0 aliphatic rings. The highest BCUT2D eigenvalue weighted by Gasteiger charge is 2.03. The number of hydrogen-bond acceptors (Lipinski definition) is 3. The van der Waals surface area contributed by atoms with Crippen LogP contribution in [0.5, 0.6) is 0 Å². The zero-order valence-corrected chi connectivity index (χ0v) is 8.91. The largest absolute Gasteiger partial charge is 0.326 e. The van der Waals surface area contributed by atoms with Crippen LogP contribution in [0.4, 0.5) is 5.69 Å². The molecule has 0 bridgehead atoms. The number of carbonyl (C=O) groups is 1. The number of hydrogen-bond donors (Lipinski definition) is 3.